The summed E-state index contributed by atoms with van der Waals surface area (Å²) in [4.78, 5) is 35.7. The fraction of sp³-hybridized carbons (Fsp3) is 0.188. The van der Waals surface area contributed by atoms with Gasteiger partial charge in [-0.25, -0.2) is 4.79 Å². The molecule has 108 valence electrons. The second-order valence-electron chi connectivity index (χ2n) is 4.66. The van der Waals surface area contributed by atoms with E-state index in [2.05, 4.69) is 0 Å². The molecule has 0 atom stereocenters. The number of fused-ring (bicyclic) bond motifs is 1. The molecule has 21 heavy (non-hydrogen) atoms. The van der Waals surface area contributed by atoms with E-state index in [-0.39, 0.29) is 27.3 Å². The van der Waals surface area contributed by atoms with Crippen LogP contribution in [0.5, 0.6) is 0 Å². The molecule has 1 aromatic carbocycles. The highest BCUT2D eigenvalue weighted by atomic mass is 35.5. The van der Waals surface area contributed by atoms with E-state index in [1.807, 2.05) is 6.92 Å². The molecule has 0 bridgehead atoms. The third-order valence-electron chi connectivity index (χ3n) is 3.21. The lowest BCUT2D eigenvalue weighted by atomic mass is 9.88. The maximum absolute atomic E-state index is 12.4. The number of hydrogen-bond acceptors (Lipinski definition) is 3. The maximum Gasteiger partial charge on any atom is 0.331 e. The Bertz CT molecular complexity index is 698. The fourth-order valence-corrected chi connectivity index (χ4v) is 2.42. The van der Waals surface area contributed by atoms with Crippen molar-refractivity contribution in [3.05, 3.63) is 57.6 Å². The molecule has 5 heteroatoms. The Kier molecular flexibility index (Phi) is 4.38. The molecule has 1 aliphatic rings. The average molecular weight is 305 g/mol. The van der Waals surface area contributed by atoms with Crippen molar-refractivity contribution in [1.29, 1.82) is 0 Å². The van der Waals surface area contributed by atoms with E-state index >= 15 is 0 Å². The Morgan fingerprint density at radius 1 is 1.19 bits per heavy atom. The number of allylic oxidation sites excluding steroid dienone is 3. The molecule has 1 aliphatic carbocycles. The number of benzene rings is 1. The van der Waals surface area contributed by atoms with Crippen molar-refractivity contribution in [3.63, 3.8) is 0 Å². The highest BCUT2D eigenvalue weighted by Crippen LogP contribution is 2.30. The highest BCUT2D eigenvalue weighted by molar-refractivity contribution is 6.50. The van der Waals surface area contributed by atoms with Gasteiger partial charge < -0.3 is 5.11 Å². The average Bonchev–Trinajstić information content (AvgIpc) is 2.48. The van der Waals surface area contributed by atoms with E-state index < -0.39 is 17.5 Å². The summed E-state index contributed by atoms with van der Waals surface area (Å²) in [5.41, 5.74) is 0.508. The number of halogens is 1. The number of rotatable bonds is 4. The summed E-state index contributed by atoms with van der Waals surface area (Å²) in [5, 5.41) is 8.91. The van der Waals surface area contributed by atoms with Crippen LogP contribution in [0.3, 0.4) is 0 Å². The van der Waals surface area contributed by atoms with Crippen LogP contribution in [0.25, 0.3) is 0 Å². The largest absolute Gasteiger partial charge is 0.478 e. The van der Waals surface area contributed by atoms with Crippen LogP contribution in [0, 0.1) is 0 Å². The minimum Gasteiger partial charge on any atom is -0.478 e. The summed E-state index contributed by atoms with van der Waals surface area (Å²) in [5.74, 6) is -2.00. The van der Waals surface area contributed by atoms with Crippen molar-refractivity contribution >= 4 is 29.1 Å². The van der Waals surface area contributed by atoms with Gasteiger partial charge in [0.15, 0.2) is 5.78 Å². The van der Waals surface area contributed by atoms with E-state index in [1.165, 1.54) is 18.2 Å². The van der Waals surface area contributed by atoms with Crippen molar-refractivity contribution in [3.8, 4) is 0 Å². The monoisotopic (exact) mass is 304 g/mol. The molecule has 0 unspecified atom stereocenters. The van der Waals surface area contributed by atoms with Crippen molar-refractivity contribution in [2.75, 3.05) is 0 Å². The predicted octanol–water partition coefficient (Wildman–Crippen LogP) is 3.37. The highest BCUT2D eigenvalue weighted by Gasteiger charge is 2.30. The normalized spacial score (nSPS) is 15.2. The number of hydrogen-bond donors (Lipinski definition) is 1. The van der Waals surface area contributed by atoms with Gasteiger partial charge in [0.2, 0.25) is 5.78 Å². The molecule has 0 spiro atoms. The van der Waals surface area contributed by atoms with Gasteiger partial charge in [0.1, 0.15) is 0 Å². The first kappa shape index (κ1) is 15.2. The number of carbonyl (C=O) groups is 3. The quantitative estimate of drug-likeness (QED) is 0.866. The summed E-state index contributed by atoms with van der Waals surface area (Å²) in [6.45, 7) is 1.83. The second kappa shape index (κ2) is 6.06. The maximum atomic E-state index is 12.4. The van der Waals surface area contributed by atoms with Crippen molar-refractivity contribution in [1.82, 2.24) is 0 Å². The zero-order valence-corrected chi connectivity index (χ0v) is 12.1. The molecule has 4 nitrogen and oxygen atoms in total. The van der Waals surface area contributed by atoms with Gasteiger partial charge in [-0.1, -0.05) is 49.2 Å². The van der Waals surface area contributed by atoms with Gasteiger partial charge in [-0.05, 0) is 12.5 Å². The minimum atomic E-state index is -1.12. The standard InChI is InChI=1S/C16H13ClO4/c1-2-5-9(16(20)21)8-12-13(17)15(19)11-7-4-3-6-10(11)14(12)18/h3-4,6-8H,2,5H2,1H3,(H,20,21)/b9-8+. The lowest BCUT2D eigenvalue weighted by molar-refractivity contribution is -0.132. The molecule has 1 aromatic rings. The van der Waals surface area contributed by atoms with Crippen molar-refractivity contribution in [2.24, 2.45) is 0 Å². The Hall–Kier alpha value is -2.20. The van der Waals surface area contributed by atoms with E-state index in [0.717, 1.165) is 0 Å². The minimum absolute atomic E-state index is 0.0498. The molecular formula is C16H13ClO4. The first-order valence-electron chi connectivity index (χ1n) is 6.49. The molecule has 0 fully saturated rings. The van der Waals surface area contributed by atoms with Crippen LogP contribution in [0.2, 0.25) is 0 Å². The summed E-state index contributed by atoms with van der Waals surface area (Å²) >= 11 is 5.98. The van der Waals surface area contributed by atoms with Gasteiger partial charge in [-0.3, -0.25) is 9.59 Å². The predicted molar refractivity (Wildman–Crippen MR) is 78.6 cm³/mol. The first-order valence-corrected chi connectivity index (χ1v) is 6.87. The number of aliphatic carboxylic acids is 1. The van der Waals surface area contributed by atoms with Crippen LogP contribution in [0.15, 0.2) is 46.5 Å². The number of carboxylic acid groups (broad SMARTS) is 1. The van der Waals surface area contributed by atoms with Gasteiger partial charge in [-0.2, -0.15) is 0 Å². The SMILES string of the molecule is CCC/C(=C\C1=C(Cl)C(=O)c2ccccc2C1=O)C(=O)O. The summed E-state index contributed by atoms with van der Waals surface area (Å²) in [7, 11) is 0. The molecule has 2 rings (SSSR count). The zero-order chi connectivity index (χ0) is 15.6. The van der Waals surface area contributed by atoms with Crippen LogP contribution >= 0.6 is 11.6 Å². The lowest BCUT2D eigenvalue weighted by Crippen LogP contribution is -2.19. The van der Waals surface area contributed by atoms with Crippen LogP contribution in [0.4, 0.5) is 0 Å². The molecule has 1 N–H and O–H groups in total. The molecule has 0 aliphatic heterocycles. The molecular weight excluding hydrogens is 292 g/mol. The Labute approximate surface area is 126 Å². The Morgan fingerprint density at radius 3 is 2.29 bits per heavy atom. The van der Waals surface area contributed by atoms with Crippen molar-refractivity contribution in [2.45, 2.75) is 19.8 Å². The van der Waals surface area contributed by atoms with Gasteiger partial charge in [-0.15, -0.1) is 0 Å². The molecule has 0 radical (unpaired) electrons. The van der Waals surface area contributed by atoms with E-state index in [4.69, 9.17) is 16.7 Å². The third-order valence-corrected chi connectivity index (χ3v) is 3.58. The van der Waals surface area contributed by atoms with Gasteiger partial charge in [0.25, 0.3) is 0 Å². The van der Waals surface area contributed by atoms with Crippen molar-refractivity contribution < 1.29 is 19.5 Å². The lowest BCUT2D eigenvalue weighted by Gasteiger charge is -2.16. The van der Waals surface area contributed by atoms with Crippen LogP contribution in [-0.4, -0.2) is 22.6 Å². The molecule has 0 saturated carbocycles. The Morgan fingerprint density at radius 2 is 1.76 bits per heavy atom. The number of carbonyl (C=O) groups excluding carboxylic acids is 2. The van der Waals surface area contributed by atoms with E-state index in [9.17, 15) is 14.4 Å². The summed E-state index contributed by atoms with van der Waals surface area (Å²) < 4.78 is 0. The van der Waals surface area contributed by atoms with Crippen LogP contribution in [-0.2, 0) is 4.79 Å². The number of Topliss-reactive ketones (excluding diaryl/α,β-unsaturated/α-hetero) is 2. The molecule has 0 aromatic heterocycles. The molecule has 0 saturated heterocycles. The van der Waals surface area contributed by atoms with Crippen LogP contribution in [0.1, 0.15) is 40.5 Å². The van der Waals surface area contributed by atoms with E-state index in [0.29, 0.717) is 12.8 Å². The van der Waals surface area contributed by atoms with Gasteiger partial charge in [0, 0.05) is 22.3 Å². The third kappa shape index (κ3) is 2.81. The summed E-state index contributed by atoms with van der Waals surface area (Å²) in [6.07, 6.45) is 2.12. The Balaban J connectivity index is 2.57. The summed E-state index contributed by atoms with van der Waals surface area (Å²) in [6, 6.07) is 6.36. The van der Waals surface area contributed by atoms with Gasteiger partial charge >= 0.3 is 5.97 Å². The fourth-order valence-electron chi connectivity index (χ4n) is 2.18. The smallest absolute Gasteiger partial charge is 0.331 e. The molecule has 0 heterocycles. The topological polar surface area (TPSA) is 71.4 Å². The molecule has 0 amide bonds. The first-order chi connectivity index (χ1) is 9.97. The van der Waals surface area contributed by atoms with E-state index in [1.54, 1.807) is 12.1 Å². The number of ketones is 2. The number of carboxylic acids is 1. The zero-order valence-electron chi connectivity index (χ0n) is 11.4. The van der Waals surface area contributed by atoms with Gasteiger partial charge in [0.05, 0.1) is 5.03 Å². The second-order valence-corrected chi connectivity index (χ2v) is 5.03. The van der Waals surface area contributed by atoms with Crippen LogP contribution < -0.4 is 0 Å².